The van der Waals surface area contributed by atoms with E-state index >= 15 is 0 Å². The Hall–Kier alpha value is -0.890. The molecule has 1 N–H and O–H groups in total. The second-order valence-corrected chi connectivity index (χ2v) is 3.62. The number of rotatable bonds is 6. The zero-order valence-electron chi connectivity index (χ0n) is 9.16. The van der Waals surface area contributed by atoms with Crippen molar-refractivity contribution in [3.63, 3.8) is 0 Å². The van der Waals surface area contributed by atoms with Crippen molar-refractivity contribution >= 4 is 0 Å². The minimum absolute atomic E-state index is 0.490. The van der Waals surface area contributed by atoms with Crippen molar-refractivity contribution in [2.45, 2.75) is 38.6 Å². The molecule has 1 heterocycles. The van der Waals surface area contributed by atoms with Crippen LogP contribution in [-0.4, -0.2) is 12.0 Å². The second-order valence-electron chi connectivity index (χ2n) is 3.62. The SMILES string of the molecule is CCCCCC(NC)c1ccncc1. The average molecular weight is 192 g/mol. The average Bonchev–Trinajstić information content (AvgIpc) is 2.26. The van der Waals surface area contributed by atoms with E-state index in [1.807, 2.05) is 19.4 Å². The molecule has 1 atom stereocenters. The molecule has 0 aliphatic rings. The number of hydrogen-bond donors (Lipinski definition) is 1. The van der Waals surface area contributed by atoms with E-state index in [0.29, 0.717) is 6.04 Å². The van der Waals surface area contributed by atoms with E-state index in [1.54, 1.807) is 0 Å². The highest BCUT2D eigenvalue weighted by Crippen LogP contribution is 2.18. The van der Waals surface area contributed by atoms with Gasteiger partial charge >= 0.3 is 0 Å². The molecule has 0 radical (unpaired) electrons. The van der Waals surface area contributed by atoms with Crippen LogP contribution in [0.15, 0.2) is 24.5 Å². The van der Waals surface area contributed by atoms with Gasteiger partial charge in [0.25, 0.3) is 0 Å². The molecule has 0 bridgehead atoms. The Labute approximate surface area is 86.8 Å². The van der Waals surface area contributed by atoms with Crippen LogP contribution in [0.1, 0.15) is 44.2 Å². The van der Waals surface area contributed by atoms with Gasteiger partial charge in [-0.05, 0) is 31.2 Å². The van der Waals surface area contributed by atoms with Crippen LogP contribution in [0, 0.1) is 0 Å². The highest BCUT2D eigenvalue weighted by atomic mass is 14.9. The molecule has 0 saturated heterocycles. The zero-order chi connectivity index (χ0) is 10.2. The molecule has 2 nitrogen and oxygen atoms in total. The van der Waals surface area contributed by atoms with Gasteiger partial charge in [-0.1, -0.05) is 26.2 Å². The Morgan fingerprint density at radius 3 is 2.57 bits per heavy atom. The molecule has 0 aliphatic carbocycles. The van der Waals surface area contributed by atoms with Gasteiger partial charge in [-0.25, -0.2) is 0 Å². The van der Waals surface area contributed by atoms with Gasteiger partial charge in [-0.3, -0.25) is 4.98 Å². The van der Waals surface area contributed by atoms with Gasteiger partial charge in [-0.2, -0.15) is 0 Å². The lowest BCUT2D eigenvalue weighted by molar-refractivity contribution is 0.511. The van der Waals surface area contributed by atoms with E-state index in [-0.39, 0.29) is 0 Å². The topological polar surface area (TPSA) is 24.9 Å². The number of hydrogen-bond acceptors (Lipinski definition) is 2. The van der Waals surface area contributed by atoms with Crippen LogP contribution >= 0.6 is 0 Å². The standard InChI is InChI=1S/C12H20N2/c1-3-4-5-6-12(13-2)11-7-9-14-10-8-11/h7-10,12-13H,3-6H2,1-2H3. The van der Waals surface area contributed by atoms with Crippen molar-refractivity contribution in [2.75, 3.05) is 7.05 Å². The van der Waals surface area contributed by atoms with Crippen molar-refractivity contribution in [3.05, 3.63) is 30.1 Å². The molecule has 0 fully saturated rings. The van der Waals surface area contributed by atoms with E-state index in [4.69, 9.17) is 0 Å². The smallest absolute Gasteiger partial charge is 0.0318 e. The summed E-state index contributed by atoms with van der Waals surface area (Å²) in [5.41, 5.74) is 1.35. The maximum absolute atomic E-state index is 4.03. The maximum atomic E-state index is 4.03. The summed E-state index contributed by atoms with van der Waals surface area (Å²) in [6, 6.07) is 4.67. The summed E-state index contributed by atoms with van der Waals surface area (Å²) in [6.07, 6.45) is 8.84. The Kier molecular flexibility index (Phi) is 5.23. The van der Waals surface area contributed by atoms with Crippen molar-refractivity contribution in [1.82, 2.24) is 10.3 Å². The summed E-state index contributed by atoms with van der Waals surface area (Å²) in [5, 5.41) is 3.35. The fraction of sp³-hybridized carbons (Fsp3) is 0.583. The Morgan fingerprint density at radius 2 is 2.00 bits per heavy atom. The van der Waals surface area contributed by atoms with Crippen molar-refractivity contribution in [1.29, 1.82) is 0 Å². The van der Waals surface area contributed by atoms with Crippen molar-refractivity contribution in [3.8, 4) is 0 Å². The normalized spacial score (nSPS) is 12.7. The minimum atomic E-state index is 0.490. The van der Waals surface area contributed by atoms with E-state index in [9.17, 15) is 0 Å². The zero-order valence-corrected chi connectivity index (χ0v) is 9.16. The molecule has 0 spiro atoms. The lowest BCUT2D eigenvalue weighted by Gasteiger charge is -2.15. The first-order valence-electron chi connectivity index (χ1n) is 5.45. The quantitative estimate of drug-likeness (QED) is 0.701. The molecular weight excluding hydrogens is 172 g/mol. The Morgan fingerprint density at radius 1 is 1.29 bits per heavy atom. The van der Waals surface area contributed by atoms with Crippen LogP contribution in [0.4, 0.5) is 0 Å². The largest absolute Gasteiger partial charge is 0.313 e. The van der Waals surface area contributed by atoms with Gasteiger partial charge in [-0.15, -0.1) is 0 Å². The highest BCUT2D eigenvalue weighted by molar-refractivity contribution is 5.14. The number of aromatic nitrogens is 1. The van der Waals surface area contributed by atoms with Gasteiger partial charge in [0.1, 0.15) is 0 Å². The number of nitrogens with one attached hydrogen (secondary N) is 1. The number of unbranched alkanes of at least 4 members (excludes halogenated alkanes) is 2. The fourth-order valence-electron chi connectivity index (χ4n) is 1.67. The van der Waals surface area contributed by atoms with Crippen molar-refractivity contribution < 1.29 is 0 Å². The van der Waals surface area contributed by atoms with Crippen LogP contribution in [0.3, 0.4) is 0 Å². The summed E-state index contributed by atoms with van der Waals surface area (Å²) in [5.74, 6) is 0. The van der Waals surface area contributed by atoms with Gasteiger partial charge < -0.3 is 5.32 Å². The van der Waals surface area contributed by atoms with Crippen LogP contribution in [0.2, 0.25) is 0 Å². The molecule has 0 aromatic carbocycles. The number of nitrogens with zero attached hydrogens (tertiary/aromatic N) is 1. The first kappa shape index (κ1) is 11.2. The summed E-state index contributed by atoms with van der Waals surface area (Å²) < 4.78 is 0. The van der Waals surface area contributed by atoms with E-state index in [0.717, 1.165) is 0 Å². The predicted octanol–water partition coefficient (Wildman–Crippen LogP) is 2.92. The lowest BCUT2D eigenvalue weighted by Crippen LogP contribution is -2.16. The Balaban J connectivity index is 2.46. The van der Waals surface area contributed by atoms with Gasteiger partial charge in [0, 0.05) is 18.4 Å². The van der Waals surface area contributed by atoms with E-state index < -0.39 is 0 Å². The van der Waals surface area contributed by atoms with Crippen LogP contribution in [0.25, 0.3) is 0 Å². The third-order valence-corrected chi connectivity index (χ3v) is 2.55. The molecule has 1 aromatic rings. The van der Waals surface area contributed by atoms with Crippen LogP contribution < -0.4 is 5.32 Å². The lowest BCUT2D eigenvalue weighted by atomic mass is 10.0. The molecule has 1 unspecified atom stereocenters. The van der Waals surface area contributed by atoms with Crippen LogP contribution in [0.5, 0.6) is 0 Å². The first-order valence-corrected chi connectivity index (χ1v) is 5.45. The molecule has 78 valence electrons. The summed E-state index contributed by atoms with van der Waals surface area (Å²) >= 11 is 0. The molecule has 0 aliphatic heterocycles. The molecule has 1 aromatic heterocycles. The van der Waals surface area contributed by atoms with Gasteiger partial charge in [0.05, 0.1) is 0 Å². The van der Waals surface area contributed by atoms with Crippen molar-refractivity contribution in [2.24, 2.45) is 0 Å². The Bertz CT molecular complexity index is 233. The maximum Gasteiger partial charge on any atom is 0.0318 e. The summed E-state index contributed by atoms with van der Waals surface area (Å²) in [6.45, 7) is 2.24. The fourth-order valence-corrected chi connectivity index (χ4v) is 1.67. The van der Waals surface area contributed by atoms with Gasteiger partial charge in [0.15, 0.2) is 0 Å². The van der Waals surface area contributed by atoms with E-state index in [2.05, 4.69) is 29.4 Å². The molecule has 0 amide bonds. The molecule has 14 heavy (non-hydrogen) atoms. The minimum Gasteiger partial charge on any atom is -0.313 e. The van der Waals surface area contributed by atoms with Gasteiger partial charge in [0.2, 0.25) is 0 Å². The molecular formula is C12H20N2. The summed E-state index contributed by atoms with van der Waals surface area (Å²) in [4.78, 5) is 4.03. The molecule has 2 heteroatoms. The highest BCUT2D eigenvalue weighted by Gasteiger charge is 2.07. The second kappa shape index (κ2) is 6.55. The summed E-state index contributed by atoms with van der Waals surface area (Å²) in [7, 11) is 2.02. The third kappa shape index (κ3) is 3.46. The molecule has 0 saturated carbocycles. The molecule has 1 rings (SSSR count). The van der Waals surface area contributed by atoms with E-state index in [1.165, 1.54) is 31.2 Å². The van der Waals surface area contributed by atoms with Crippen LogP contribution in [-0.2, 0) is 0 Å². The number of pyridine rings is 1. The third-order valence-electron chi connectivity index (χ3n) is 2.55. The monoisotopic (exact) mass is 192 g/mol. The first-order chi connectivity index (χ1) is 6.88. The predicted molar refractivity (Wildman–Crippen MR) is 60.2 cm³/mol.